The Morgan fingerprint density at radius 2 is 1.85 bits per heavy atom. The van der Waals surface area contributed by atoms with Crippen LogP contribution in [0.3, 0.4) is 0 Å². The monoisotopic (exact) mass is 560 g/mol. The first kappa shape index (κ1) is 29.6. The number of unbranched alkanes of at least 4 members (excludes halogenated alkanes) is 1. The molecule has 0 fully saturated rings. The van der Waals surface area contributed by atoms with Crippen molar-refractivity contribution in [2.24, 2.45) is 5.73 Å². The molecule has 0 spiro atoms. The Morgan fingerprint density at radius 3 is 2.55 bits per heavy atom. The highest BCUT2D eigenvalue weighted by Gasteiger charge is 2.37. The average molecular weight is 561 g/mol. The van der Waals surface area contributed by atoms with Crippen molar-refractivity contribution >= 4 is 25.1 Å². The van der Waals surface area contributed by atoms with Crippen molar-refractivity contribution in [3.8, 4) is 5.75 Å². The molecule has 0 radical (unpaired) electrons. The van der Waals surface area contributed by atoms with Crippen LogP contribution in [0, 0.1) is 0 Å². The molecule has 2 aromatic heterocycles. The van der Waals surface area contributed by atoms with Gasteiger partial charge in [-0.05, 0) is 73.0 Å². The van der Waals surface area contributed by atoms with Gasteiger partial charge in [0, 0.05) is 25.0 Å². The lowest BCUT2D eigenvalue weighted by Gasteiger charge is -2.37. The summed E-state index contributed by atoms with van der Waals surface area (Å²) >= 11 is 0. The van der Waals surface area contributed by atoms with Gasteiger partial charge < -0.3 is 24.0 Å². The second-order valence-corrected chi connectivity index (χ2v) is 16.9. The van der Waals surface area contributed by atoms with E-state index in [0.717, 1.165) is 43.5 Å². The van der Waals surface area contributed by atoms with Crippen LogP contribution in [0.2, 0.25) is 18.1 Å². The van der Waals surface area contributed by atoms with E-state index in [-0.39, 0.29) is 16.8 Å². The number of primary amides is 1. The average Bonchev–Trinajstić information content (AvgIpc) is 3.56. The number of imidazole rings is 1. The number of nitrogens with two attached hydrogens (primary N) is 1. The number of carbonyl (C=O) groups is 1. The number of hydrogen-bond donors (Lipinski definition) is 1. The first-order chi connectivity index (χ1) is 19.0. The molecule has 2 aromatic carbocycles. The number of hydrogen-bond acceptors (Lipinski definition) is 4. The van der Waals surface area contributed by atoms with Gasteiger partial charge in [0.1, 0.15) is 11.4 Å². The maximum Gasteiger partial charge on any atom is 0.268 e. The molecule has 0 bridgehead atoms. The van der Waals surface area contributed by atoms with E-state index in [1.54, 1.807) is 12.5 Å². The van der Waals surface area contributed by atoms with Crippen LogP contribution in [0.15, 0.2) is 73.3 Å². The van der Waals surface area contributed by atoms with E-state index >= 15 is 0 Å². The third-order valence-electron chi connectivity index (χ3n) is 8.14. The quantitative estimate of drug-likeness (QED) is 0.133. The molecular formula is C32H44N4O3Si. The summed E-state index contributed by atoms with van der Waals surface area (Å²) in [5.74, 6) is 0.373. The Bertz CT molecular complexity index is 1390. The molecule has 0 saturated carbocycles. The third-order valence-corrected chi connectivity index (χ3v) is 12.6. The van der Waals surface area contributed by atoms with Gasteiger partial charge in [-0.25, -0.2) is 4.98 Å². The van der Waals surface area contributed by atoms with Gasteiger partial charge in [-0.2, -0.15) is 0 Å². The molecule has 214 valence electrons. The topological polar surface area (TPSA) is 84.3 Å². The smallest absolute Gasteiger partial charge is 0.268 e. The summed E-state index contributed by atoms with van der Waals surface area (Å²) in [5, 5.41) is 1.29. The van der Waals surface area contributed by atoms with Crippen LogP contribution in [0.25, 0.3) is 10.9 Å². The van der Waals surface area contributed by atoms with Gasteiger partial charge in [-0.15, -0.1) is 0 Å². The molecule has 0 aliphatic heterocycles. The van der Waals surface area contributed by atoms with E-state index in [2.05, 4.69) is 104 Å². The Balaban J connectivity index is 1.40. The predicted molar refractivity (Wildman–Crippen MR) is 164 cm³/mol. The fraction of sp³-hybridized carbons (Fsp3) is 0.438. The molecule has 7 nitrogen and oxygen atoms in total. The second kappa shape index (κ2) is 12.9. The number of nitrogens with zero attached hydrogens (tertiary/aromatic N) is 3. The zero-order valence-corrected chi connectivity index (χ0v) is 25.6. The predicted octanol–water partition coefficient (Wildman–Crippen LogP) is 6.99. The summed E-state index contributed by atoms with van der Waals surface area (Å²) in [6.07, 6.45) is 9.57. The molecule has 2 N–H and O–H groups in total. The Morgan fingerprint density at radius 1 is 1.07 bits per heavy atom. The number of ether oxygens (including phenoxy) is 1. The van der Waals surface area contributed by atoms with E-state index in [1.807, 2.05) is 4.57 Å². The summed E-state index contributed by atoms with van der Waals surface area (Å²) < 4.78 is 17.0. The van der Waals surface area contributed by atoms with Crippen LogP contribution in [-0.2, 0) is 17.4 Å². The lowest BCUT2D eigenvalue weighted by molar-refractivity contribution is 0.0995. The van der Waals surface area contributed by atoms with Crippen LogP contribution in [0.1, 0.15) is 62.1 Å². The number of amides is 1. The summed E-state index contributed by atoms with van der Waals surface area (Å²) in [4.78, 5) is 15.9. The first-order valence-corrected chi connectivity index (χ1v) is 17.2. The maximum atomic E-state index is 11.7. The summed E-state index contributed by atoms with van der Waals surface area (Å²) in [6, 6.07) is 19.1. The van der Waals surface area contributed by atoms with Crippen molar-refractivity contribution in [3.63, 3.8) is 0 Å². The minimum Gasteiger partial charge on any atom is -0.494 e. The van der Waals surface area contributed by atoms with Gasteiger partial charge in [-0.1, -0.05) is 51.1 Å². The number of rotatable bonds is 14. The molecule has 1 unspecified atom stereocenters. The molecule has 1 amide bonds. The number of fused-ring (bicyclic) bond motifs is 1. The highest BCUT2D eigenvalue weighted by molar-refractivity contribution is 6.74. The van der Waals surface area contributed by atoms with Gasteiger partial charge >= 0.3 is 0 Å². The zero-order valence-electron chi connectivity index (χ0n) is 24.6. The molecule has 4 rings (SSSR count). The Labute approximate surface area is 239 Å². The maximum absolute atomic E-state index is 11.7. The van der Waals surface area contributed by atoms with Crippen LogP contribution >= 0.6 is 0 Å². The fourth-order valence-electron chi connectivity index (χ4n) is 4.51. The van der Waals surface area contributed by atoms with E-state index < -0.39 is 14.2 Å². The molecule has 4 aromatic rings. The van der Waals surface area contributed by atoms with E-state index in [0.29, 0.717) is 13.2 Å². The van der Waals surface area contributed by atoms with E-state index in [1.165, 1.54) is 10.9 Å². The van der Waals surface area contributed by atoms with E-state index in [9.17, 15) is 4.79 Å². The van der Waals surface area contributed by atoms with Gasteiger partial charge in [0.15, 0.2) is 8.32 Å². The molecule has 0 saturated heterocycles. The lowest BCUT2D eigenvalue weighted by Crippen LogP contribution is -2.42. The molecule has 0 aliphatic rings. The largest absolute Gasteiger partial charge is 0.494 e. The van der Waals surface area contributed by atoms with E-state index in [4.69, 9.17) is 14.9 Å². The van der Waals surface area contributed by atoms with Crippen LogP contribution in [-0.4, -0.2) is 41.6 Å². The van der Waals surface area contributed by atoms with Gasteiger partial charge in [0.25, 0.3) is 5.91 Å². The number of aromatic nitrogens is 3. The molecular weight excluding hydrogens is 516 g/mol. The zero-order chi connectivity index (χ0) is 28.8. The third kappa shape index (κ3) is 7.64. The second-order valence-electron chi connectivity index (χ2n) is 12.1. The minimum atomic E-state index is -1.95. The first-order valence-electron chi connectivity index (χ1n) is 14.3. The van der Waals surface area contributed by atoms with Gasteiger partial charge in [0.05, 0.1) is 31.1 Å². The fourth-order valence-corrected chi connectivity index (χ4v) is 5.55. The molecule has 1 atom stereocenters. The van der Waals surface area contributed by atoms with Crippen molar-refractivity contribution in [2.75, 3.05) is 13.2 Å². The van der Waals surface area contributed by atoms with Crippen molar-refractivity contribution in [1.82, 2.24) is 14.1 Å². The lowest BCUT2D eigenvalue weighted by atomic mass is 10.1. The summed E-state index contributed by atoms with van der Waals surface area (Å²) in [7, 11) is -1.95. The SMILES string of the molecule is CC(C)(C)[Si](C)(C)OCC(CCn1ccc2ccc(OCCCCc3ccccc3)cc21)n1cnc(C(N)=O)c1. The Hall–Kier alpha value is -3.36. The van der Waals surface area contributed by atoms with Crippen LogP contribution in [0.5, 0.6) is 5.75 Å². The van der Waals surface area contributed by atoms with Gasteiger partial charge in [-0.3, -0.25) is 4.79 Å². The summed E-state index contributed by atoms with van der Waals surface area (Å²) in [6.45, 7) is 13.3. The van der Waals surface area contributed by atoms with Crippen molar-refractivity contribution in [2.45, 2.75) is 77.2 Å². The van der Waals surface area contributed by atoms with Crippen molar-refractivity contribution < 1.29 is 14.0 Å². The minimum absolute atomic E-state index is 0.0243. The van der Waals surface area contributed by atoms with Crippen molar-refractivity contribution in [1.29, 1.82) is 0 Å². The standard InChI is InChI=1S/C32H44N4O3Si/c1-32(2,3)40(4,5)39-23-27(36-22-29(31(33)37)34-24-36)17-19-35-18-16-26-14-15-28(21-30(26)35)38-20-10-9-13-25-11-7-6-8-12-25/h6-8,11-12,14-16,18,21-22,24,27H,9-10,13,17,19-20,23H2,1-5H3,(H2,33,37). The highest BCUT2D eigenvalue weighted by atomic mass is 28.4. The Kier molecular flexibility index (Phi) is 9.53. The number of benzene rings is 2. The molecule has 0 aliphatic carbocycles. The highest BCUT2D eigenvalue weighted by Crippen LogP contribution is 2.37. The summed E-state index contributed by atoms with van der Waals surface area (Å²) in [5.41, 5.74) is 8.27. The molecule has 8 heteroatoms. The molecule has 40 heavy (non-hydrogen) atoms. The van der Waals surface area contributed by atoms with Crippen molar-refractivity contribution in [3.05, 3.63) is 84.6 Å². The molecule has 2 heterocycles. The van der Waals surface area contributed by atoms with Crippen LogP contribution < -0.4 is 10.5 Å². The normalized spacial score (nSPS) is 13.0. The van der Waals surface area contributed by atoms with Crippen LogP contribution in [0.4, 0.5) is 0 Å². The van der Waals surface area contributed by atoms with Gasteiger partial charge in [0.2, 0.25) is 0 Å². The number of aryl methyl sites for hydroxylation is 2. The number of carbonyl (C=O) groups excluding carboxylic acids is 1.